The van der Waals surface area contributed by atoms with E-state index in [1.807, 2.05) is 0 Å². The van der Waals surface area contributed by atoms with E-state index in [4.69, 9.17) is 11.0 Å². The molecule has 0 radical (unpaired) electrons. The van der Waals surface area contributed by atoms with Crippen molar-refractivity contribution >= 4 is 11.4 Å². The van der Waals surface area contributed by atoms with Crippen LogP contribution in [0.15, 0.2) is 18.2 Å². The number of hydrogen-bond acceptors (Lipinski definition) is 4. The molecule has 1 saturated heterocycles. The third-order valence-corrected chi connectivity index (χ3v) is 1.80. The summed E-state index contributed by atoms with van der Waals surface area (Å²) in [5.74, 6) is -1.41. The summed E-state index contributed by atoms with van der Waals surface area (Å²) < 4.78 is 79.7. The number of halogens is 1. The second-order valence-corrected chi connectivity index (χ2v) is 2.76. The molecule has 1 fully saturated rings. The van der Waals surface area contributed by atoms with Crippen molar-refractivity contribution in [2.24, 2.45) is 0 Å². The minimum atomic E-state index is -3.34. The van der Waals surface area contributed by atoms with Crippen LogP contribution in [0.2, 0.25) is 0 Å². The maximum absolute atomic E-state index is 14.2. The first-order valence-corrected chi connectivity index (χ1v) is 4.09. The van der Waals surface area contributed by atoms with Gasteiger partial charge in [0.1, 0.15) is 0 Å². The number of morpholine rings is 1. The molecule has 0 aromatic heterocycles. The van der Waals surface area contributed by atoms with Crippen LogP contribution in [0.5, 0.6) is 0 Å². The molecule has 1 aliphatic rings. The predicted molar refractivity (Wildman–Crippen MR) is 56.1 cm³/mol. The second-order valence-electron chi connectivity index (χ2n) is 2.76. The number of anilines is 1. The van der Waals surface area contributed by atoms with Crippen molar-refractivity contribution in [2.45, 2.75) is 0 Å². The van der Waals surface area contributed by atoms with Gasteiger partial charge in [-0.05, 0) is 6.07 Å². The lowest BCUT2D eigenvalue weighted by molar-refractivity contribution is -0.385. The lowest BCUT2D eigenvalue weighted by atomic mass is 10.2. The van der Waals surface area contributed by atoms with E-state index in [0.29, 0.717) is 12.1 Å². The van der Waals surface area contributed by atoms with E-state index in [1.54, 1.807) is 0 Å². The third kappa shape index (κ3) is 2.11. The van der Waals surface area contributed by atoms with Crippen molar-refractivity contribution in [3.63, 3.8) is 0 Å². The molecule has 0 spiro atoms. The number of nitrogens with zero attached hydrogens (tertiary/aromatic N) is 2. The molecule has 86 valence electrons. The summed E-state index contributed by atoms with van der Waals surface area (Å²) in [6.45, 7) is -13.3. The lowest BCUT2D eigenvalue weighted by Gasteiger charge is -2.28. The highest BCUT2D eigenvalue weighted by atomic mass is 19.1. The summed E-state index contributed by atoms with van der Waals surface area (Å²) >= 11 is 0. The molecular weight excluding hydrogens is 215 g/mol. The Kier molecular flexibility index (Phi) is 1.30. The van der Waals surface area contributed by atoms with Crippen LogP contribution in [-0.4, -0.2) is 31.0 Å². The monoisotopic (exact) mass is 234 g/mol. The Morgan fingerprint density at radius 1 is 1.50 bits per heavy atom. The van der Waals surface area contributed by atoms with Gasteiger partial charge in [0.15, 0.2) is 5.82 Å². The van der Waals surface area contributed by atoms with Gasteiger partial charge < -0.3 is 9.64 Å². The highest BCUT2D eigenvalue weighted by molar-refractivity contribution is 5.52. The molecule has 1 heterocycles. The largest absolute Gasteiger partial charge is 0.378 e. The maximum Gasteiger partial charge on any atom is 0.272 e. The molecule has 0 unspecified atom stereocenters. The van der Waals surface area contributed by atoms with E-state index in [1.165, 1.54) is 0 Å². The highest BCUT2D eigenvalue weighted by Crippen LogP contribution is 2.24. The lowest BCUT2D eigenvalue weighted by Crippen LogP contribution is -2.36. The molecule has 0 N–H and O–H groups in total. The molecule has 0 bridgehead atoms. The van der Waals surface area contributed by atoms with E-state index >= 15 is 0 Å². The third-order valence-electron chi connectivity index (χ3n) is 1.80. The fraction of sp³-hybridized carbons (Fsp3) is 0.400. The van der Waals surface area contributed by atoms with E-state index < -0.39 is 48.2 Å². The first-order chi connectivity index (χ1) is 10.6. The van der Waals surface area contributed by atoms with Gasteiger partial charge in [0.05, 0.1) is 40.8 Å². The summed E-state index contributed by atoms with van der Waals surface area (Å²) in [6.07, 6.45) is 0. The smallest absolute Gasteiger partial charge is 0.272 e. The zero-order valence-electron chi connectivity index (χ0n) is 15.7. The molecule has 0 amide bonds. The molecule has 6 heteroatoms. The van der Waals surface area contributed by atoms with Crippen LogP contribution in [-0.2, 0) is 4.74 Å². The van der Waals surface area contributed by atoms with Crippen LogP contribution >= 0.6 is 0 Å². The van der Waals surface area contributed by atoms with E-state index in [-0.39, 0.29) is 4.90 Å². The Labute approximate surface area is 103 Å². The molecule has 1 aromatic carbocycles. The topological polar surface area (TPSA) is 55.6 Å². The first-order valence-electron chi connectivity index (χ1n) is 8.09. The van der Waals surface area contributed by atoms with Gasteiger partial charge in [-0.1, -0.05) is 0 Å². The van der Waals surface area contributed by atoms with Gasteiger partial charge in [-0.2, -0.15) is 0 Å². The summed E-state index contributed by atoms with van der Waals surface area (Å²) in [6, 6.07) is 1.86. The average Bonchev–Trinajstić information content (AvgIpc) is 2.37. The molecule has 1 aromatic rings. The van der Waals surface area contributed by atoms with Gasteiger partial charge >= 0.3 is 0 Å². The van der Waals surface area contributed by atoms with Gasteiger partial charge in [-0.25, -0.2) is 4.39 Å². The van der Waals surface area contributed by atoms with Crippen LogP contribution in [0.25, 0.3) is 0 Å². The number of benzene rings is 1. The molecule has 0 saturated carbocycles. The van der Waals surface area contributed by atoms with Gasteiger partial charge in [0.25, 0.3) is 5.69 Å². The fourth-order valence-electron chi connectivity index (χ4n) is 1.10. The van der Waals surface area contributed by atoms with Crippen LogP contribution in [0, 0.1) is 15.9 Å². The molecule has 2 rings (SSSR count). The van der Waals surface area contributed by atoms with Crippen molar-refractivity contribution in [1.29, 1.82) is 0 Å². The number of rotatable bonds is 2. The van der Waals surface area contributed by atoms with Crippen LogP contribution in [0.4, 0.5) is 15.8 Å². The zero-order valence-corrected chi connectivity index (χ0v) is 7.73. The Morgan fingerprint density at radius 3 is 2.75 bits per heavy atom. The normalized spacial score (nSPS) is 36.2. The minimum Gasteiger partial charge on any atom is -0.378 e. The average molecular weight is 234 g/mol. The Bertz CT molecular complexity index is 673. The number of non-ortho nitro benzene ring substituents is 1. The van der Waals surface area contributed by atoms with E-state index in [0.717, 1.165) is 6.07 Å². The summed E-state index contributed by atoms with van der Waals surface area (Å²) in [5.41, 5.74) is -1.57. The molecular formula is C10H11FN2O3. The fourth-order valence-corrected chi connectivity index (χ4v) is 1.10. The second kappa shape index (κ2) is 4.44. The predicted octanol–water partition coefficient (Wildman–Crippen LogP) is 1.57. The molecule has 0 aliphatic carbocycles. The van der Waals surface area contributed by atoms with Crippen LogP contribution in [0.3, 0.4) is 0 Å². The summed E-state index contributed by atoms with van der Waals surface area (Å²) in [4.78, 5) is 9.64. The van der Waals surface area contributed by atoms with Crippen molar-refractivity contribution < 1.29 is 25.0 Å². The SMILES string of the molecule is [2H]C1([2H])OC([2H])([2H])C([2H])([2H])N(c2ccc([N+](=O)[O-])cc2F)C1([2H])[2H]. The van der Waals surface area contributed by atoms with Gasteiger partial charge in [-0.15, -0.1) is 0 Å². The Morgan fingerprint density at radius 2 is 2.19 bits per heavy atom. The van der Waals surface area contributed by atoms with Gasteiger partial charge in [-0.3, -0.25) is 10.1 Å². The number of nitro groups is 1. The highest BCUT2D eigenvalue weighted by Gasteiger charge is 2.17. The Balaban J connectivity index is 2.70. The van der Waals surface area contributed by atoms with Gasteiger partial charge in [0, 0.05) is 19.1 Å². The minimum absolute atomic E-state index is 0.0808. The van der Waals surface area contributed by atoms with E-state index in [2.05, 4.69) is 4.74 Å². The molecule has 16 heavy (non-hydrogen) atoms. The summed E-state index contributed by atoms with van der Waals surface area (Å²) in [5, 5.41) is 10.6. The number of nitro benzene ring substituents is 1. The maximum atomic E-state index is 14.2. The summed E-state index contributed by atoms with van der Waals surface area (Å²) in [7, 11) is 0. The van der Waals surface area contributed by atoms with Gasteiger partial charge in [0.2, 0.25) is 0 Å². The molecule has 5 nitrogen and oxygen atoms in total. The number of ether oxygens (including phenoxy) is 1. The van der Waals surface area contributed by atoms with Crippen LogP contribution < -0.4 is 4.90 Å². The van der Waals surface area contributed by atoms with Crippen molar-refractivity contribution in [3.8, 4) is 0 Å². The molecule has 1 aliphatic heterocycles. The molecule has 0 atom stereocenters. The van der Waals surface area contributed by atoms with E-state index in [9.17, 15) is 14.5 Å². The van der Waals surface area contributed by atoms with Crippen LogP contribution in [0.1, 0.15) is 11.0 Å². The van der Waals surface area contributed by atoms with Crippen molar-refractivity contribution in [1.82, 2.24) is 0 Å². The zero-order chi connectivity index (χ0) is 18.7. The standard InChI is InChI=1S/C10H11FN2O3/c11-9-7-8(13(14)15)1-2-10(9)12-3-5-16-6-4-12/h1-2,7H,3-6H2/i3D2,4D2,5D2,6D2. The quantitative estimate of drug-likeness (QED) is 0.575. The first kappa shape index (κ1) is 4.67. The van der Waals surface area contributed by atoms with Crippen molar-refractivity contribution in [3.05, 3.63) is 34.1 Å². The van der Waals surface area contributed by atoms with Crippen molar-refractivity contribution in [2.75, 3.05) is 31.0 Å². The number of hydrogen-bond donors (Lipinski definition) is 0. The Hall–Kier alpha value is -1.69.